The SMILES string of the molecule is Cc1ccc(S(=O)(=O)CCSc2ncccc2C(=O)O)cc1. The maximum atomic E-state index is 12.2. The molecule has 1 aromatic heterocycles. The van der Waals surface area contributed by atoms with Crippen molar-refractivity contribution < 1.29 is 18.3 Å². The predicted molar refractivity (Wildman–Crippen MR) is 85.2 cm³/mol. The molecule has 116 valence electrons. The van der Waals surface area contributed by atoms with Crippen molar-refractivity contribution in [2.45, 2.75) is 16.8 Å². The quantitative estimate of drug-likeness (QED) is 0.816. The van der Waals surface area contributed by atoms with E-state index in [9.17, 15) is 13.2 Å². The Kier molecular flexibility index (Phi) is 5.20. The van der Waals surface area contributed by atoms with Gasteiger partial charge in [-0.2, -0.15) is 0 Å². The van der Waals surface area contributed by atoms with Crippen LogP contribution in [-0.2, 0) is 9.84 Å². The summed E-state index contributed by atoms with van der Waals surface area (Å²) in [6.45, 7) is 1.89. The van der Waals surface area contributed by atoms with Gasteiger partial charge in [0.05, 0.1) is 16.2 Å². The molecule has 0 aliphatic carbocycles. The highest BCUT2D eigenvalue weighted by Gasteiger charge is 2.16. The summed E-state index contributed by atoms with van der Waals surface area (Å²) in [6.07, 6.45) is 1.49. The summed E-state index contributed by atoms with van der Waals surface area (Å²) in [5.41, 5.74) is 1.08. The fourth-order valence-corrected chi connectivity index (χ4v) is 4.42. The van der Waals surface area contributed by atoms with Crippen molar-refractivity contribution in [1.29, 1.82) is 0 Å². The minimum Gasteiger partial charge on any atom is -0.478 e. The van der Waals surface area contributed by atoms with Gasteiger partial charge >= 0.3 is 5.97 Å². The Balaban J connectivity index is 2.05. The summed E-state index contributed by atoms with van der Waals surface area (Å²) in [5.74, 6) is -0.902. The molecule has 1 N–H and O–H groups in total. The molecule has 2 aromatic rings. The first kappa shape index (κ1) is 16.5. The first-order chi connectivity index (χ1) is 10.4. The molecule has 2 rings (SSSR count). The van der Waals surface area contributed by atoms with Crippen LogP contribution in [0.25, 0.3) is 0 Å². The van der Waals surface area contributed by atoms with Crippen LogP contribution in [0.1, 0.15) is 15.9 Å². The van der Waals surface area contributed by atoms with Crippen LogP contribution in [0.4, 0.5) is 0 Å². The number of thioether (sulfide) groups is 1. The molecule has 0 unspecified atom stereocenters. The van der Waals surface area contributed by atoms with E-state index in [4.69, 9.17) is 5.11 Å². The molecule has 0 spiro atoms. The summed E-state index contributed by atoms with van der Waals surface area (Å²) in [7, 11) is -3.38. The fraction of sp³-hybridized carbons (Fsp3) is 0.200. The lowest BCUT2D eigenvalue weighted by atomic mass is 10.2. The van der Waals surface area contributed by atoms with Gasteiger partial charge in [-0.05, 0) is 31.2 Å². The Morgan fingerprint density at radius 1 is 1.23 bits per heavy atom. The van der Waals surface area contributed by atoms with E-state index in [0.29, 0.717) is 5.03 Å². The van der Waals surface area contributed by atoms with Gasteiger partial charge in [0.25, 0.3) is 0 Å². The monoisotopic (exact) mass is 337 g/mol. The van der Waals surface area contributed by atoms with Crippen LogP contribution >= 0.6 is 11.8 Å². The van der Waals surface area contributed by atoms with Gasteiger partial charge in [0.1, 0.15) is 5.03 Å². The number of aryl methyl sites for hydroxylation is 1. The molecule has 0 bridgehead atoms. The normalized spacial score (nSPS) is 11.3. The fourth-order valence-electron chi connectivity index (χ4n) is 1.78. The number of aromatic carboxylic acids is 1. The van der Waals surface area contributed by atoms with Gasteiger partial charge in [-0.1, -0.05) is 17.7 Å². The molecule has 22 heavy (non-hydrogen) atoms. The molecule has 0 saturated heterocycles. The summed E-state index contributed by atoms with van der Waals surface area (Å²) >= 11 is 1.13. The molecule has 1 heterocycles. The van der Waals surface area contributed by atoms with Crippen LogP contribution in [0.2, 0.25) is 0 Å². The Morgan fingerprint density at radius 3 is 2.55 bits per heavy atom. The number of rotatable bonds is 6. The number of hydrogen-bond donors (Lipinski definition) is 1. The summed E-state index contributed by atoms with van der Waals surface area (Å²) < 4.78 is 24.4. The van der Waals surface area contributed by atoms with Crippen LogP contribution < -0.4 is 0 Å². The van der Waals surface area contributed by atoms with Crippen molar-refractivity contribution in [3.63, 3.8) is 0 Å². The first-order valence-corrected chi connectivity index (χ1v) is 9.14. The number of carbonyl (C=O) groups is 1. The number of carboxylic acid groups (broad SMARTS) is 1. The van der Waals surface area contributed by atoms with E-state index in [0.717, 1.165) is 17.3 Å². The first-order valence-electron chi connectivity index (χ1n) is 6.51. The van der Waals surface area contributed by atoms with Crippen LogP contribution in [0, 0.1) is 6.92 Å². The minimum atomic E-state index is -3.38. The maximum Gasteiger partial charge on any atom is 0.338 e. The highest BCUT2D eigenvalue weighted by atomic mass is 32.2. The minimum absolute atomic E-state index is 0.0731. The van der Waals surface area contributed by atoms with Gasteiger partial charge in [-0.25, -0.2) is 18.2 Å². The third-order valence-electron chi connectivity index (χ3n) is 2.97. The second-order valence-corrected chi connectivity index (χ2v) is 7.83. The van der Waals surface area contributed by atoms with Crippen molar-refractivity contribution >= 4 is 27.6 Å². The van der Waals surface area contributed by atoms with Crippen molar-refractivity contribution in [3.05, 3.63) is 53.7 Å². The summed E-state index contributed by atoms with van der Waals surface area (Å²) in [6, 6.07) is 9.66. The molecular formula is C15H15NO4S2. The lowest BCUT2D eigenvalue weighted by Crippen LogP contribution is -2.09. The zero-order chi connectivity index (χ0) is 16.2. The van der Waals surface area contributed by atoms with Gasteiger partial charge in [0, 0.05) is 11.9 Å². The van der Waals surface area contributed by atoms with Crippen LogP contribution in [-0.4, -0.2) is 36.0 Å². The average Bonchev–Trinajstić information content (AvgIpc) is 2.48. The van der Waals surface area contributed by atoms with Crippen LogP contribution in [0.15, 0.2) is 52.5 Å². The maximum absolute atomic E-state index is 12.2. The molecule has 0 saturated carbocycles. The zero-order valence-corrected chi connectivity index (χ0v) is 13.5. The molecule has 0 atom stereocenters. The highest BCUT2D eigenvalue weighted by Crippen LogP contribution is 2.21. The molecule has 1 aromatic carbocycles. The molecule has 5 nitrogen and oxygen atoms in total. The van der Waals surface area contributed by atoms with Crippen molar-refractivity contribution in [2.24, 2.45) is 0 Å². The van der Waals surface area contributed by atoms with Crippen LogP contribution in [0.5, 0.6) is 0 Å². The second kappa shape index (κ2) is 6.93. The van der Waals surface area contributed by atoms with Gasteiger partial charge in [0.15, 0.2) is 9.84 Å². The van der Waals surface area contributed by atoms with E-state index < -0.39 is 15.8 Å². The van der Waals surface area contributed by atoms with E-state index in [1.54, 1.807) is 24.3 Å². The van der Waals surface area contributed by atoms with Gasteiger partial charge in [0.2, 0.25) is 0 Å². The van der Waals surface area contributed by atoms with Gasteiger partial charge in [-0.15, -0.1) is 11.8 Å². The molecule has 7 heteroatoms. The number of sulfone groups is 1. The Hall–Kier alpha value is -1.86. The van der Waals surface area contributed by atoms with Crippen molar-refractivity contribution in [3.8, 4) is 0 Å². The summed E-state index contributed by atoms with van der Waals surface area (Å²) in [5, 5.41) is 9.39. The Morgan fingerprint density at radius 2 is 1.91 bits per heavy atom. The van der Waals surface area contributed by atoms with E-state index in [1.807, 2.05) is 6.92 Å². The van der Waals surface area contributed by atoms with E-state index in [-0.39, 0.29) is 22.0 Å². The Labute approximate surface area is 133 Å². The topological polar surface area (TPSA) is 84.3 Å². The number of aromatic nitrogens is 1. The number of benzene rings is 1. The molecule has 0 amide bonds. The molecule has 0 aliphatic rings. The van der Waals surface area contributed by atoms with Crippen molar-refractivity contribution in [1.82, 2.24) is 4.98 Å². The third-order valence-corrected chi connectivity index (χ3v) is 5.97. The van der Waals surface area contributed by atoms with Gasteiger partial charge < -0.3 is 5.11 Å². The zero-order valence-electron chi connectivity index (χ0n) is 11.9. The number of hydrogen-bond acceptors (Lipinski definition) is 5. The molecule has 0 aliphatic heterocycles. The number of nitrogens with zero attached hydrogens (tertiary/aromatic N) is 1. The smallest absolute Gasteiger partial charge is 0.338 e. The molecule has 0 fully saturated rings. The average molecular weight is 337 g/mol. The van der Waals surface area contributed by atoms with Gasteiger partial charge in [-0.3, -0.25) is 0 Å². The lowest BCUT2D eigenvalue weighted by Gasteiger charge is -2.06. The predicted octanol–water partition coefficient (Wildman–Crippen LogP) is 2.65. The molecule has 0 radical (unpaired) electrons. The number of carboxylic acids is 1. The third kappa shape index (κ3) is 4.08. The molecular weight excluding hydrogens is 322 g/mol. The van der Waals surface area contributed by atoms with Crippen LogP contribution in [0.3, 0.4) is 0 Å². The van der Waals surface area contributed by atoms with E-state index in [1.165, 1.54) is 18.3 Å². The second-order valence-electron chi connectivity index (χ2n) is 4.64. The highest BCUT2D eigenvalue weighted by molar-refractivity contribution is 8.00. The van der Waals surface area contributed by atoms with Crippen molar-refractivity contribution in [2.75, 3.05) is 11.5 Å². The summed E-state index contributed by atoms with van der Waals surface area (Å²) in [4.78, 5) is 15.3. The number of pyridine rings is 1. The standard InChI is InChI=1S/C15H15NO4S2/c1-11-4-6-12(7-5-11)22(19,20)10-9-21-14-13(15(17)18)3-2-8-16-14/h2-8H,9-10H2,1H3,(H,17,18). The lowest BCUT2D eigenvalue weighted by molar-refractivity contribution is 0.0692. The van der Waals surface area contributed by atoms with E-state index >= 15 is 0 Å². The largest absolute Gasteiger partial charge is 0.478 e. The van der Waals surface area contributed by atoms with E-state index in [2.05, 4.69) is 4.98 Å². The Bertz CT molecular complexity index is 770.